The first-order chi connectivity index (χ1) is 6.69. The van der Waals surface area contributed by atoms with Gasteiger partial charge in [0.1, 0.15) is 0 Å². The second-order valence-electron chi connectivity index (χ2n) is 4.53. The number of piperazine rings is 1. The lowest BCUT2D eigenvalue weighted by Crippen LogP contribution is -2.58. The molecule has 2 atom stereocenters. The molecule has 1 fully saturated rings. The molecule has 0 aromatic carbocycles. The lowest BCUT2D eigenvalue weighted by Gasteiger charge is -2.43. The van der Waals surface area contributed by atoms with E-state index in [4.69, 9.17) is 5.73 Å². The maximum atomic E-state index is 5.76. The minimum atomic E-state index is 0.558. The predicted octanol–water partition coefficient (Wildman–Crippen LogP) is 0.750. The third kappa shape index (κ3) is 2.94. The highest BCUT2D eigenvalue weighted by atomic mass is 15.3. The zero-order valence-electron chi connectivity index (χ0n) is 9.87. The van der Waals surface area contributed by atoms with Gasteiger partial charge in [-0.2, -0.15) is 0 Å². The molecule has 1 saturated heterocycles. The normalized spacial score (nSPS) is 30.9. The van der Waals surface area contributed by atoms with Crippen molar-refractivity contribution in [2.24, 2.45) is 5.73 Å². The first kappa shape index (κ1) is 12.0. The minimum absolute atomic E-state index is 0.558. The fourth-order valence-corrected chi connectivity index (χ4v) is 2.20. The third-order valence-electron chi connectivity index (χ3n) is 3.32. The molecule has 3 nitrogen and oxygen atoms in total. The van der Waals surface area contributed by atoms with Crippen molar-refractivity contribution in [2.75, 3.05) is 33.2 Å². The van der Waals surface area contributed by atoms with Crippen LogP contribution in [0, 0.1) is 0 Å². The van der Waals surface area contributed by atoms with Gasteiger partial charge in [0, 0.05) is 31.7 Å². The molecular weight excluding hydrogens is 174 g/mol. The second-order valence-corrected chi connectivity index (χ2v) is 4.53. The fourth-order valence-electron chi connectivity index (χ4n) is 2.20. The van der Waals surface area contributed by atoms with Crippen LogP contribution in [0.5, 0.6) is 0 Å². The number of nitrogens with zero attached hydrogens (tertiary/aromatic N) is 2. The summed E-state index contributed by atoms with van der Waals surface area (Å²) in [6.07, 6.45) is 2.59. The van der Waals surface area contributed by atoms with Gasteiger partial charge in [-0.1, -0.05) is 13.3 Å². The third-order valence-corrected chi connectivity index (χ3v) is 3.32. The average Bonchev–Trinajstić information content (AvgIpc) is 2.17. The Kier molecular flexibility index (Phi) is 4.85. The van der Waals surface area contributed by atoms with Crippen molar-refractivity contribution in [1.82, 2.24) is 9.80 Å². The van der Waals surface area contributed by atoms with Crippen LogP contribution < -0.4 is 5.73 Å². The topological polar surface area (TPSA) is 32.5 Å². The van der Waals surface area contributed by atoms with Crippen LogP contribution in [0.4, 0.5) is 0 Å². The molecule has 1 aliphatic rings. The van der Waals surface area contributed by atoms with Crippen LogP contribution in [-0.4, -0.2) is 55.1 Å². The van der Waals surface area contributed by atoms with Crippen molar-refractivity contribution < 1.29 is 0 Å². The monoisotopic (exact) mass is 199 g/mol. The molecule has 0 aromatic rings. The molecule has 2 N–H and O–H groups in total. The van der Waals surface area contributed by atoms with Gasteiger partial charge in [-0.25, -0.2) is 0 Å². The molecule has 0 bridgehead atoms. The van der Waals surface area contributed by atoms with E-state index in [1.165, 1.54) is 19.4 Å². The van der Waals surface area contributed by atoms with Gasteiger partial charge in [-0.3, -0.25) is 9.80 Å². The van der Waals surface area contributed by atoms with Crippen LogP contribution in [-0.2, 0) is 0 Å². The van der Waals surface area contributed by atoms with Gasteiger partial charge in [0.05, 0.1) is 0 Å². The van der Waals surface area contributed by atoms with E-state index in [1.54, 1.807) is 0 Å². The quantitative estimate of drug-likeness (QED) is 0.725. The molecule has 1 rings (SSSR count). The molecular formula is C11H25N3. The van der Waals surface area contributed by atoms with Crippen molar-refractivity contribution in [1.29, 1.82) is 0 Å². The summed E-state index contributed by atoms with van der Waals surface area (Å²) < 4.78 is 0. The zero-order chi connectivity index (χ0) is 10.6. The summed E-state index contributed by atoms with van der Waals surface area (Å²) in [4.78, 5) is 4.98. The first-order valence-electron chi connectivity index (χ1n) is 5.83. The first-order valence-corrected chi connectivity index (χ1v) is 5.83. The van der Waals surface area contributed by atoms with E-state index >= 15 is 0 Å². The summed E-state index contributed by atoms with van der Waals surface area (Å²) >= 11 is 0. The maximum absolute atomic E-state index is 5.76. The lowest BCUT2D eigenvalue weighted by molar-refractivity contribution is 0.0551. The number of likely N-dealkylation sites (N-methyl/N-ethyl adjacent to an activating group) is 1. The number of hydrogen-bond donors (Lipinski definition) is 1. The Hall–Kier alpha value is -0.120. The van der Waals surface area contributed by atoms with Crippen LogP contribution in [0.2, 0.25) is 0 Å². The minimum Gasteiger partial charge on any atom is -0.329 e. The molecule has 2 unspecified atom stereocenters. The van der Waals surface area contributed by atoms with E-state index < -0.39 is 0 Å². The van der Waals surface area contributed by atoms with E-state index in [2.05, 4.69) is 30.7 Å². The second kappa shape index (κ2) is 5.69. The molecule has 0 spiro atoms. The highest BCUT2D eigenvalue weighted by molar-refractivity contribution is 4.85. The Morgan fingerprint density at radius 1 is 1.36 bits per heavy atom. The van der Waals surface area contributed by atoms with Crippen LogP contribution >= 0.6 is 0 Å². The van der Waals surface area contributed by atoms with E-state index in [0.29, 0.717) is 12.1 Å². The fraction of sp³-hybridized carbons (Fsp3) is 1.00. The van der Waals surface area contributed by atoms with Crippen LogP contribution in [0.3, 0.4) is 0 Å². The zero-order valence-corrected chi connectivity index (χ0v) is 9.87. The summed E-state index contributed by atoms with van der Waals surface area (Å²) in [7, 11) is 2.19. The highest BCUT2D eigenvalue weighted by Crippen LogP contribution is 2.13. The molecule has 3 heteroatoms. The molecule has 0 saturated carbocycles. The molecule has 84 valence electrons. The SMILES string of the molecule is CCCCN1CC(CN)N(C)CC1C. The van der Waals surface area contributed by atoms with Crippen molar-refractivity contribution in [3.8, 4) is 0 Å². The van der Waals surface area contributed by atoms with Crippen molar-refractivity contribution in [3.05, 3.63) is 0 Å². The molecule has 0 radical (unpaired) electrons. The van der Waals surface area contributed by atoms with Gasteiger partial charge in [0.2, 0.25) is 0 Å². The van der Waals surface area contributed by atoms with E-state index in [1.807, 2.05) is 0 Å². The summed E-state index contributed by atoms with van der Waals surface area (Å²) in [6.45, 7) is 8.90. The number of rotatable bonds is 4. The number of nitrogens with two attached hydrogens (primary N) is 1. The largest absolute Gasteiger partial charge is 0.329 e. The average molecular weight is 199 g/mol. The Bertz CT molecular complexity index is 161. The van der Waals surface area contributed by atoms with Crippen LogP contribution in [0.25, 0.3) is 0 Å². The highest BCUT2D eigenvalue weighted by Gasteiger charge is 2.27. The Labute approximate surface area is 88.2 Å². The van der Waals surface area contributed by atoms with Crippen molar-refractivity contribution in [3.63, 3.8) is 0 Å². The number of unbranched alkanes of at least 4 members (excludes halogenated alkanes) is 1. The molecule has 14 heavy (non-hydrogen) atoms. The Morgan fingerprint density at radius 3 is 2.64 bits per heavy atom. The summed E-state index contributed by atoms with van der Waals surface area (Å²) in [5, 5.41) is 0. The maximum Gasteiger partial charge on any atom is 0.0343 e. The summed E-state index contributed by atoms with van der Waals surface area (Å²) in [5.41, 5.74) is 5.76. The Balaban J connectivity index is 2.42. The van der Waals surface area contributed by atoms with Crippen LogP contribution in [0.15, 0.2) is 0 Å². The molecule has 0 aromatic heterocycles. The van der Waals surface area contributed by atoms with Crippen molar-refractivity contribution in [2.45, 2.75) is 38.8 Å². The van der Waals surface area contributed by atoms with Gasteiger partial charge in [-0.05, 0) is 26.9 Å². The van der Waals surface area contributed by atoms with Gasteiger partial charge < -0.3 is 5.73 Å². The molecule has 1 aliphatic heterocycles. The summed E-state index contributed by atoms with van der Waals surface area (Å²) in [5.74, 6) is 0. The van der Waals surface area contributed by atoms with E-state index in [-0.39, 0.29) is 0 Å². The molecule has 0 amide bonds. The Morgan fingerprint density at radius 2 is 2.07 bits per heavy atom. The molecule has 1 heterocycles. The standard InChI is InChI=1S/C11H25N3/c1-4-5-6-14-9-11(7-12)13(3)8-10(14)2/h10-11H,4-9,12H2,1-3H3. The van der Waals surface area contributed by atoms with Gasteiger partial charge in [-0.15, -0.1) is 0 Å². The molecule has 0 aliphatic carbocycles. The number of hydrogen-bond acceptors (Lipinski definition) is 3. The van der Waals surface area contributed by atoms with E-state index in [9.17, 15) is 0 Å². The lowest BCUT2D eigenvalue weighted by atomic mass is 10.1. The van der Waals surface area contributed by atoms with Crippen molar-refractivity contribution >= 4 is 0 Å². The van der Waals surface area contributed by atoms with Crippen LogP contribution in [0.1, 0.15) is 26.7 Å². The van der Waals surface area contributed by atoms with Gasteiger partial charge in [0.25, 0.3) is 0 Å². The van der Waals surface area contributed by atoms with E-state index in [0.717, 1.165) is 19.6 Å². The predicted molar refractivity (Wildman–Crippen MR) is 61.4 cm³/mol. The smallest absolute Gasteiger partial charge is 0.0343 e. The van der Waals surface area contributed by atoms with Gasteiger partial charge in [0.15, 0.2) is 0 Å². The van der Waals surface area contributed by atoms with Gasteiger partial charge >= 0.3 is 0 Å². The summed E-state index contributed by atoms with van der Waals surface area (Å²) in [6, 6.07) is 1.25.